The maximum absolute atomic E-state index is 12.8. The van der Waals surface area contributed by atoms with Crippen molar-refractivity contribution in [3.8, 4) is 5.75 Å². The fraction of sp³-hybridized carbons (Fsp3) is 0.294. The normalized spacial score (nSPS) is 10.4. The maximum Gasteiger partial charge on any atom is 0.268 e. The number of ketones is 1. The summed E-state index contributed by atoms with van der Waals surface area (Å²) < 4.78 is 18.2. The quantitative estimate of drug-likeness (QED) is 0.635. The first-order valence-corrected chi connectivity index (χ1v) is 7.26. The zero-order valence-electron chi connectivity index (χ0n) is 13.3. The van der Waals surface area contributed by atoms with Crippen molar-refractivity contribution in [3.05, 3.63) is 52.6 Å². The third-order valence-corrected chi connectivity index (χ3v) is 3.49. The zero-order valence-corrected chi connectivity index (χ0v) is 13.3. The number of carbonyl (C=O) groups is 2. The highest BCUT2D eigenvalue weighted by atomic mass is 19.1. The van der Waals surface area contributed by atoms with E-state index in [2.05, 4.69) is 10.3 Å². The van der Waals surface area contributed by atoms with E-state index < -0.39 is 0 Å². The molecular formula is C17H19FN2O3. The van der Waals surface area contributed by atoms with Gasteiger partial charge in [-0.15, -0.1) is 0 Å². The topological polar surface area (TPSA) is 71.2 Å². The number of hydrogen-bond donors (Lipinski definition) is 2. The standard InChI is InChI=1S/C17H19FN2O3/c1-10-15(12(3)21)11(2)20-16(10)17(22)19-8-9-23-14-6-4-13(18)5-7-14/h4-7,20H,8-9H2,1-3H3,(H,19,22). The minimum Gasteiger partial charge on any atom is -0.492 e. The van der Waals surface area contributed by atoms with E-state index >= 15 is 0 Å². The highest BCUT2D eigenvalue weighted by Gasteiger charge is 2.19. The molecule has 1 heterocycles. The Morgan fingerprint density at radius 2 is 1.87 bits per heavy atom. The number of aromatic nitrogens is 1. The number of rotatable bonds is 6. The van der Waals surface area contributed by atoms with Crippen LogP contribution in [0.15, 0.2) is 24.3 Å². The van der Waals surface area contributed by atoms with Gasteiger partial charge in [-0.3, -0.25) is 9.59 Å². The molecule has 0 bridgehead atoms. The van der Waals surface area contributed by atoms with Gasteiger partial charge in [0.25, 0.3) is 5.91 Å². The molecule has 122 valence electrons. The van der Waals surface area contributed by atoms with Gasteiger partial charge in [0.1, 0.15) is 23.9 Å². The summed E-state index contributed by atoms with van der Waals surface area (Å²) in [6.07, 6.45) is 0. The van der Waals surface area contributed by atoms with Gasteiger partial charge in [-0.2, -0.15) is 0 Å². The van der Waals surface area contributed by atoms with Crippen LogP contribution >= 0.6 is 0 Å². The van der Waals surface area contributed by atoms with E-state index in [0.29, 0.717) is 34.8 Å². The number of hydrogen-bond acceptors (Lipinski definition) is 3. The summed E-state index contributed by atoms with van der Waals surface area (Å²) in [7, 11) is 0. The van der Waals surface area contributed by atoms with Crippen molar-refractivity contribution >= 4 is 11.7 Å². The van der Waals surface area contributed by atoms with Crippen LogP contribution in [-0.2, 0) is 0 Å². The van der Waals surface area contributed by atoms with Gasteiger partial charge in [0, 0.05) is 11.3 Å². The first-order valence-electron chi connectivity index (χ1n) is 7.26. The van der Waals surface area contributed by atoms with Gasteiger partial charge in [-0.25, -0.2) is 4.39 Å². The summed E-state index contributed by atoms with van der Waals surface area (Å²) in [5.74, 6) is -0.160. The van der Waals surface area contributed by atoms with Crippen LogP contribution in [0.1, 0.15) is 39.0 Å². The van der Waals surface area contributed by atoms with Crippen LogP contribution in [0, 0.1) is 19.7 Å². The van der Waals surface area contributed by atoms with Gasteiger partial charge in [0.2, 0.25) is 0 Å². The average Bonchev–Trinajstić information content (AvgIpc) is 2.80. The van der Waals surface area contributed by atoms with E-state index in [0.717, 1.165) is 0 Å². The monoisotopic (exact) mass is 318 g/mol. The third kappa shape index (κ3) is 3.97. The molecule has 5 nitrogen and oxygen atoms in total. The van der Waals surface area contributed by atoms with E-state index in [-0.39, 0.29) is 24.1 Å². The lowest BCUT2D eigenvalue weighted by atomic mass is 10.1. The molecule has 0 spiro atoms. The van der Waals surface area contributed by atoms with Crippen molar-refractivity contribution in [2.75, 3.05) is 13.2 Å². The van der Waals surface area contributed by atoms with Crippen molar-refractivity contribution in [1.29, 1.82) is 0 Å². The van der Waals surface area contributed by atoms with Crippen LogP contribution in [-0.4, -0.2) is 29.8 Å². The zero-order chi connectivity index (χ0) is 17.0. The van der Waals surface area contributed by atoms with Gasteiger partial charge >= 0.3 is 0 Å². The second kappa shape index (κ2) is 7.09. The average molecular weight is 318 g/mol. The van der Waals surface area contributed by atoms with Gasteiger partial charge in [0.05, 0.1) is 6.54 Å². The minimum absolute atomic E-state index is 0.0741. The van der Waals surface area contributed by atoms with Gasteiger partial charge in [-0.1, -0.05) is 0 Å². The molecule has 0 aliphatic heterocycles. The van der Waals surface area contributed by atoms with Crippen molar-refractivity contribution in [3.63, 3.8) is 0 Å². The smallest absolute Gasteiger partial charge is 0.268 e. The number of aromatic amines is 1. The second-order valence-corrected chi connectivity index (χ2v) is 5.24. The van der Waals surface area contributed by atoms with Crippen molar-refractivity contribution in [2.45, 2.75) is 20.8 Å². The van der Waals surface area contributed by atoms with Crippen LogP contribution in [0.5, 0.6) is 5.75 Å². The van der Waals surface area contributed by atoms with Crippen LogP contribution in [0.2, 0.25) is 0 Å². The Balaban J connectivity index is 1.89. The van der Waals surface area contributed by atoms with Gasteiger partial charge < -0.3 is 15.0 Å². The fourth-order valence-electron chi connectivity index (χ4n) is 2.46. The molecule has 0 aliphatic rings. The molecule has 0 unspecified atom stereocenters. The number of ether oxygens (including phenoxy) is 1. The molecular weight excluding hydrogens is 299 g/mol. The summed E-state index contributed by atoms with van der Waals surface area (Å²) in [5, 5.41) is 2.72. The lowest BCUT2D eigenvalue weighted by molar-refractivity contribution is 0.0941. The Morgan fingerprint density at radius 1 is 1.22 bits per heavy atom. The summed E-state index contributed by atoms with van der Waals surface area (Å²) >= 11 is 0. The molecule has 0 saturated heterocycles. The largest absolute Gasteiger partial charge is 0.492 e. The van der Waals surface area contributed by atoms with Crippen LogP contribution in [0.4, 0.5) is 4.39 Å². The number of Topliss-reactive ketones (excluding diaryl/α,β-unsaturated/α-hetero) is 1. The molecule has 0 radical (unpaired) electrons. The number of H-pyrrole nitrogens is 1. The summed E-state index contributed by atoms with van der Waals surface area (Å²) in [6.45, 7) is 5.53. The number of carbonyl (C=O) groups excluding carboxylic acids is 2. The SMILES string of the molecule is CC(=O)c1c(C)[nH]c(C(=O)NCCOc2ccc(F)cc2)c1C. The second-order valence-electron chi connectivity index (χ2n) is 5.24. The number of benzene rings is 1. The fourth-order valence-corrected chi connectivity index (χ4v) is 2.46. The number of aryl methyl sites for hydroxylation is 1. The highest BCUT2D eigenvalue weighted by Crippen LogP contribution is 2.18. The lowest BCUT2D eigenvalue weighted by Crippen LogP contribution is -2.28. The number of nitrogens with one attached hydrogen (secondary N) is 2. The van der Waals surface area contributed by atoms with Crippen LogP contribution < -0.4 is 10.1 Å². The number of halogens is 1. The predicted octanol–water partition coefficient (Wildman–Crippen LogP) is 2.78. The van der Waals surface area contributed by atoms with Crippen molar-refractivity contribution in [1.82, 2.24) is 10.3 Å². The van der Waals surface area contributed by atoms with E-state index in [1.165, 1.54) is 31.2 Å². The van der Waals surface area contributed by atoms with Crippen molar-refractivity contribution in [2.24, 2.45) is 0 Å². The van der Waals surface area contributed by atoms with Crippen LogP contribution in [0.25, 0.3) is 0 Å². The summed E-state index contributed by atoms with van der Waals surface area (Å²) in [4.78, 5) is 26.7. The molecule has 0 saturated carbocycles. The Kier molecular flexibility index (Phi) is 5.16. The summed E-state index contributed by atoms with van der Waals surface area (Å²) in [6, 6.07) is 5.66. The molecule has 0 aliphatic carbocycles. The predicted molar refractivity (Wildman–Crippen MR) is 84.5 cm³/mol. The Morgan fingerprint density at radius 3 is 2.43 bits per heavy atom. The maximum atomic E-state index is 12.8. The van der Waals surface area contributed by atoms with Gasteiger partial charge in [-0.05, 0) is 50.6 Å². The van der Waals surface area contributed by atoms with Gasteiger partial charge in [0.15, 0.2) is 5.78 Å². The molecule has 0 atom stereocenters. The molecule has 1 amide bonds. The van der Waals surface area contributed by atoms with Crippen molar-refractivity contribution < 1.29 is 18.7 Å². The van der Waals surface area contributed by atoms with E-state index in [9.17, 15) is 14.0 Å². The molecule has 6 heteroatoms. The first kappa shape index (κ1) is 16.7. The summed E-state index contributed by atoms with van der Waals surface area (Å²) in [5.41, 5.74) is 2.27. The Bertz CT molecular complexity index is 720. The van der Waals surface area contributed by atoms with E-state index in [4.69, 9.17) is 4.74 Å². The Labute approximate surface area is 133 Å². The molecule has 2 aromatic rings. The van der Waals surface area contributed by atoms with E-state index in [1.54, 1.807) is 13.8 Å². The minimum atomic E-state index is -0.329. The first-order chi connectivity index (χ1) is 10.9. The molecule has 2 rings (SSSR count). The number of amides is 1. The molecule has 1 aromatic heterocycles. The highest BCUT2D eigenvalue weighted by molar-refractivity contribution is 6.02. The lowest BCUT2D eigenvalue weighted by Gasteiger charge is -2.07. The molecule has 2 N–H and O–H groups in total. The molecule has 1 aromatic carbocycles. The molecule has 23 heavy (non-hydrogen) atoms. The third-order valence-electron chi connectivity index (χ3n) is 3.49. The van der Waals surface area contributed by atoms with E-state index in [1.807, 2.05) is 0 Å². The van der Waals surface area contributed by atoms with Crippen LogP contribution in [0.3, 0.4) is 0 Å². The molecule has 0 fully saturated rings. The Hall–Kier alpha value is -2.63.